The summed E-state index contributed by atoms with van der Waals surface area (Å²) in [7, 11) is 3.71. The van der Waals surface area contributed by atoms with E-state index in [1.807, 2.05) is 19.0 Å². The summed E-state index contributed by atoms with van der Waals surface area (Å²) >= 11 is 0. The van der Waals surface area contributed by atoms with Crippen LogP contribution in [0.1, 0.15) is 16.8 Å². The zero-order valence-corrected chi connectivity index (χ0v) is 9.43. The van der Waals surface area contributed by atoms with Crippen LogP contribution in [0, 0.1) is 12.3 Å². The zero-order valence-electron chi connectivity index (χ0n) is 9.43. The van der Waals surface area contributed by atoms with E-state index in [0.29, 0.717) is 17.8 Å². The Bertz CT molecular complexity index is 408. The lowest BCUT2D eigenvalue weighted by Crippen LogP contribution is -2.12. The number of nitrogens with zero attached hydrogens (tertiary/aromatic N) is 2. The molecule has 0 saturated heterocycles. The van der Waals surface area contributed by atoms with Crippen molar-refractivity contribution < 1.29 is 9.53 Å². The van der Waals surface area contributed by atoms with E-state index in [1.165, 1.54) is 0 Å². The monoisotopic (exact) mass is 218 g/mol. The molecule has 0 spiro atoms. The molecule has 0 bridgehead atoms. The Balaban J connectivity index is 2.69. The fraction of sp³-hybridized carbons (Fsp3) is 0.333. The Morgan fingerprint density at radius 2 is 2.38 bits per heavy atom. The SMILES string of the molecule is C#CCCOC(=O)c1ccnc(N(C)C)c1. The molecule has 1 aromatic rings. The molecule has 1 heterocycles. The average Bonchev–Trinajstić information content (AvgIpc) is 2.29. The minimum absolute atomic E-state index is 0.245. The van der Waals surface area contributed by atoms with Crippen molar-refractivity contribution in [3.05, 3.63) is 23.9 Å². The molecule has 0 fully saturated rings. The van der Waals surface area contributed by atoms with Gasteiger partial charge >= 0.3 is 5.97 Å². The van der Waals surface area contributed by atoms with Crippen LogP contribution in [0.25, 0.3) is 0 Å². The molecule has 4 heteroatoms. The molecule has 0 aliphatic heterocycles. The number of terminal acetylenes is 1. The van der Waals surface area contributed by atoms with E-state index >= 15 is 0 Å². The summed E-state index contributed by atoms with van der Waals surface area (Å²) in [6.07, 6.45) is 7.06. The van der Waals surface area contributed by atoms with Gasteiger partial charge in [0.1, 0.15) is 12.4 Å². The number of carbonyl (C=O) groups is 1. The fourth-order valence-electron chi connectivity index (χ4n) is 1.08. The number of anilines is 1. The molecule has 0 N–H and O–H groups in total. The minimum Gasteiger partial charge on any atom is -0.461 e. The highest BCUT2D eigenvalue weighted by Crippen LogP contribution is 2.10. The molecule has 0 amide bonds. The van der Waals surface area contributed by atoms with Crippen molar-refractivity contribution in [1.29, 1.82) is 0 Å². The van der Waals surface area contributed by atoms with Crippen molar-refractivity contribution in [2.24, 2.45) is 0 Å². The highest BCUT2D eigenvalue weighted by molar-refractivity contribution is 5.90. The van der Waals surface area contributed by atoms with Crippen LogP contribution < -0.4 is 4.90 Å². The lowest BCUT2D eigenvalue weighted by atomic mass is 10.2. The van der Waals surface area contributed by atoms with Crippen LogP contribution in [0.5, 0.6) is 0 Å². The number of hydrogen-bond acceptors (Lipinski definition) is 4. The summed E-state index contributed by atoms with van der Waals surface area (Å²) < 4.78 is 4.98. The zero-order chi connectivity index (χ0) is 12.0. The third kappa shape index (κ3) is 3.28. The number of esters is 1. The van der Waals surface area contributed by atoms with Crippen LogP contribution in [0.4, 0.5) is 5.82 Å². The topological polar surface area (TPSA) is 42.4 Å². The van der Waals surface area contributed by atoms with Gasteiger partial charge in [0, 0.05) is 26.7 Å². The molecule has 84 valence electrons. The molecular weight excluding hydrogens is 204 g/mol. The highest BCUT2D eigenvalue weighted by Gasteiger charge is 2.08. The van der Waals surface area contributed by atoms with Crippen molar-refractivity contribution >= 4 is 11.8 Å². The number of ether oxygens (including phenoxy) is 1. The predicted octanol–water partition coefficient (Wildman–Crippen LogP) is 1.33. The van der Waals surface area contributed by atoms with Crippen LogP contribution in [0.15, 0.2) is 18.3 Å². The Kier molecular flexibility index (Phi) is 4.34. The van der Waals surface area contributed by atoms with E-state index in [9.17, 15) is 4.79 Å². The van der Waals surface area contributed by atoms with E-state index in [1.54, 1.807) is 18.3 Å². The minimum atomic E-state index is -0.374. The van der Waals surface area contributed by atoms with E-state index in [0.717, 1.165) is 0 Å². The van der Waals surface area contributed by atoms with Gasteiger partial charge in [-0.05, 0) is 12.1 Å². The van der Waals surface area contributed by atoms with Gasteiger partial charge in [-0.15, -0.1) is 12.3 Å². The van der Waals surface area contributed by atoms with Crippen molar-refractivity contribution in [2.75, 3.05) is 25.6 Å². The van der Waals surface area contributed by atoms with Crippen molar-refractivity contribution in [1.82, 2.24) is 4.98 Å². The number of pyridine rings is 1. The molecule has 0 aliphatic rings. The standard InChI is InChI=1S/C12H14N2O2/c1-4-5-8-16-12(15)10-6-7-13-11(9-10)14(2)3/h1,6-7,9H,5,8H2,2-3H3. The van der Waals surface area contributed by atoms with Crippen molar-refractivity contribution in [2.45, 2.75) is 6.42 Å². The second-order valence-corrected chi connectivity index (χ2v) is 3.39. The molecule has 0 saturated carbocycles. The fourth-order valence-corrected chi connectivity index (χ4v) is 1.08. The first-order valence-electron chi connectivity index (χ1n) is 4.89. The molecule has 1 rings (SSSR count). The summed E-state index contributed by atoms with van der Waals surface area (Å²) in [5.41, 5.74) is 0.482. The van der Waals surface area contributed by atoms with Gasteiger partial charge < -0.3 is 9.64 Å². The first kappa shape index (κ1) is 12.1. The van der Waals surface area contributed by atoms with Gasteiger partial charge in [0.15, 0.2) is 0 Å². The maximum absolute atomic E-state index is 11.6. The van der Waals surface area contributed by atoms with Crippen LogP contribution in [0.3, 0.4) is 0 Å². The Morgan fingerprint density at radius 3 is 3.00 bits per heavy atom. The van der Waals surface area contributed by atoms with Gasteiger partial charge in [-0.2, -0.15) is 0 Å². The first-order valence-corrected chi connectivity index (χ1v) is 4.89. The second kappa shape index (κ2) is 5.76. The molecule has 1 aromatic heterocycles. The number of rotatable bonds is 4. The van der Waals surface area contributed by atoms with Crippen LogP contribution in [0.2, 0.25) is 0 Å². The maximum Gasteiger partial charge on any atom is 0.338 e. The number of aromatic nitrogens is 1. The van der Waals surface area contributed by atoms with Crippen LogP contribution in [-0.2, 0) is 4.74 Å². The maximum atomic E-state index is 11.6. The Hall–Kier alpha value is -2.02. The van der Waals surface area contributed by atoms with Gasteiger partial charge in [0.25, 0.3) is 0 Å². The molecule has 0 radical (unpaired) electrons. The molecule has 0 aromatic carbocycles. The normalized spacial score (nSPS) is 9.31. The van der Waals surface area contributed by atoms with Crippen LogP contribution >= 0.6 is 0 Å². The third-order valence-corrected chi connectivity index (χ3v) is 1.92. The predicted molar refractivity (Wildman–Crippen MR) is 62.3 cm³/mol. The largest absolute Gasteiger partial charge is 0.461 e. The van der Waals surface area contributed by atoms with Crippen molar-refractivity contribution in [3.63, 3.8) is 0 Å². The lowest BCUT2D eigenvalue weighted by molar-refractivity contribution is 0.0513. The molecule has 0 atom stereocenters. The van der Waals surface area contributed by atoms with Gasteiger partial charge in [-0.25, -0.2) is 9.78 Å². The summed E-state index contributed by atoms with van der Waals surface area (Å²) in [6.45, 7) is 0.245. The molecule has 4 nitrogen and oxygen atoms in total. The van der Waals surface area contributed by atoms with Gasteiger partial charge in [0.05, 0.1) is 5.56 Å². The van der Waals surface area contributed by atoms with Gasteiger partial charge in [-0.1, -0.05) is 0 Å². The molecule has 16 heavy (non-hydrogen) atoms. The smallest absolute Gasteiger partial charge is 0.338 e. The second-order valence-electron chi connectivity index (χ2n) is 3.39. The van der Waals surface area contributed by atoms with E-state index in [4.69, 9.17) is 11.2 Å². The van der Waals surface area contributed by atoms with Gasteiger partial charge in [0.2, 0.25) is 0 Å². The summed E-state index contributed by atoms with van der Waals surface area (Å²) in [4.78, 5) is 17.5. The summed E-state index contributed by atoms with van der Waals surface area (Å²) in [6, 6.07) is 3.30. The van der Waals surface area contributed by atoms with E-state index in [-0.39, 0.29) is 12.6 Å². The summed E-state index contributed by atoms with van der Waals surface area (Å²) in [5.74, 6) is 2.75. The number of carbonyl (C=O) groups excluding carboxylic acids is 1. The van der Waals surface area contributed by atoms with Crippen molar-refractivity contribution in [3.8, 4) is 12.3 Å². The first-order chi connectivity index (χ1) is 7.65. The van der Waals surface area contributed by atoms with E-state index in [2.05, 4.69) is 10.9 Å². The lowest BCUT2D eigenvalue weighted by Gasteiger charge is -2.11. The highest BCUT2D eigenvalue weighted by atomic mass is 16.5. The quantitative estimate of drug-likeness (QED) is 0.434. The summed E-state index contributed by atoms with van der Waals surface area (Å²) in [5, 5.41) is 0. The molecular formula is C12H14N2O2. The van der Waals surface area contributed by atoms with Crippen LogP contribution in [-0.4, -0.2) is 31.7 Å². The number of hydrogen-bond donors (Lipinski definition) is 0. The average molecular weight is 218 g/mol. The third-order valence-electron chi connectivity index (χ3n) is 1.92. The molecule has 0 unspecified atom stereocenters. The van der Waals surface area contributed by atoms with Gasteiger partial charge in [-0.3, -0.25) is 0 Å². The van der Waals surface area contributed by atoms with E-state index < -0.39 is 0 Å². The Labute approximate surface area is 95.2 Å². The molecule has 0 aliphatic carbocycles. The Morgan fingerprint density at radius 1 is 1.62 bits per heavy atom.